The Hall–Kier alpha value is -1.64. The van der Waals surface area contributed by atoms with E-state index in [1.54, 1.807) is 0 Å². The number of rotatable bonds is 5. The highest BCUT2D eigenvalue weighted by molar-refractivity contribution is 5.63. The van der Waals surface area contributed by atoms with Gasteiger partial charge in [-0.3, -0.25) is 0 Å². The minimum Gasteiger partial charge on any atom is -0.323 e. The lowest BCUT2D eigenvalue weighted by atomic mass is 10.0. The number of hydrogen-bond donors (Lipinski definition) is 1. The summed E-state index contributed by atoms with van der Waals surface area (Å²) in [6.45, 7) is 5.25. The van der Waals surface area contributed by atoms with Crippen LogP contribution in [0.5, 0.6) is 0 Å². The predicted molar refractivity (Wildman–Crippen MR) is 86.6 cm³/mol. The molecule has 0 aromatic heterocycles. The smallest absolute Gasteiger partial charge is 0.0424 e. The van der Waals surface area contributed by atoms with Gasteiger partial charge in [-0.2, -0.15) is 0 Å². The molecule has 1 unspecified atom stereocenters. The summed E-state index contributed by atoms with van der Waals surface area (Å²) in [4.78, 5) is 2.27. The van der Waals surface area contributed by atoms with Gasteiger partial charge >= 0.3 is 0 Å². The van der Waals surface area contributed by atoms with E-state index in [1.807, 2.05) is 6.07 Å². The summed E-state index contributed by atoms with van der Waals surface area (Å²) in [6.07, 6.45) is 0. The van der Waals surface area contributed by atoms with E-state index < -0.39 is 0 Å². The van der Waals surface area contributed by atoms with Crippen molar-refractivity contribution >= 4 is 0 Å². The van der Waals surface area contributed by atoms with E-state index >= 15 is 0 Å². The molecule has 2 heteroatoms. The molecule has 0 bridgehead atoms. The summed E-state index contributed by atoms with van der Waals surface area (Å²) in [5, 5.41) is 0. The monoisotopic (exact) mass is 268 g/mol. The first-order valence-electron chi connectivity index (χ1n) is 7.19. The zero-order valence-corrected chi connectivity index (χ0v) is 12.6. The van der Waals surface area contributed by atoms with E-state index in [0.717, 1.165) is 6.54 Å². The highest BCUT2D eigenvalue weighted by Crippen LogP contribution is 2.21. The van der Waals surface area contributed by atoms with Crippen LogP contribution in [0.15, 0.2) is 54.6 Å². The fraction of sp³-hybridized carbons (Fsp3) is 0.333. The average molecular weight is 268 g/mol. The summed E-state index contributed by atoms with van der Waals surface area (Å²) < 4.78 is 0. The highest BCUT2D eigenvalue weighted by atomic mass is 15.1. The van der Waals surface area contributed by atoms with Gasteiger partial charge in [0.15, 0.2) is 0 Å². The number of likely N-dealkylation sites (N-methyl/N-ethyl adjacent to an activating group) is 1. The minimum absolute atomic E-state index is 0.0622. The Labute approximate surface area is 122 Å². The van der Waals surface area contributed by atoms with E-state index in [0.29, 0.717) is 6.04 Å². The fourth-order valence-electron chi connectivity index (χ4n) is 2.18. The first kappa shape index (κ1) is 14.8. The second kappa shape index (κ2) is 6.69. The molecule has 20 heavy (non-hydrogen) atoms. The van der Waals surface area contributed by atoms with Gasteiger partial charge in [-0.25, -0.2) is 0 Å². The van der Waals surface area contributed by atoms with Gasteiger partial charge in [0.05, 0.1) is 0 Å². The van der Waals surface area contributed by atoms with Crippen molar-refractivity contribution in [2.75, 3.05) is 13.6 Å². The molecule has 0 saturated heterocycles. The van der Waals surface area contributed by atoms with Crippen LogP contribution in [0.3, 0.4) is 0 Å². The van der Waals surface area contributed by atoms with Crippen LogP contribution in [0.4, 0.5) is 0 Å². The van der Waals surface area contributed by atoms with E-state index in [4.69, 9.17) is 5.73 Å². The molecule has 0 aliphatic rings. The van der Waals surface area contributed by atoms with Crippen LogP contribution in [-0.2, 0) is 0 Å². The van der Waals surface area contributed by atoms with Gasteiger partial charge in [0.2, 0.25) is 0 Å². The second-order valence-electron chi connectivity index (χ2n) is 5.63. The van der Waals surface area contributed by atoms with Crippen molar-refractivity contribution in [3.05, 3.63) is 60.2 Å². The molecule has 0 fully saturated rings. The molecule has 2 aromatic rings. The van der Waals surface area contributed by atoms with Gasteiger partial charge in [0, 0.05) is 18.6 Å². The van der Waals surface area contributed by atoms with Gasteiger partial charge < -0.3 is 10.6 Å². The third-order valence-electron chi connectivity index (χ3n) is 3.81. The number of benzene rings is 2. The lowest BCUT2D eigenvalue weighted by molar-refractivity contribution is 0.257. The third-order valence-corrected chi connectivity index (χ3v) is 3.81. The summed E-state index contributed by atoms with van der Waals surface area (Å²) >= 11 is 0. The molecule has 0 aliphatic carbocycles. The SMILES string of the molecule is CC(C)N(C)CC(N)c1ccc(-c2ccccc2)cc1. The van der Waals surface area contributed by atoms with Crippen LogP contribution in [0.1, 0.15) is 25.5 Å². The number of nitrogens with two attached hydrogens (primary N) is 1. The van der Waals surface area contributed by atoms with Gasteiger partial charge in [0.25, 0.3) is 0 Å². The van der Waals surface area contributed by atoms with Gasteiger partial charge in [-0.1, -0.05) is 54.6 Å². The lowest BCUT2D eigenvalue weighted by Crippen LogP contribution is -2.33. The molecule has 0 radical (unpaired) electrons. The van der Waals surface area contributed by atoms with E-state index in [1.165, 1.54) is 16.7 Å². The third kappa shape index (κ3) is 3.69. The number of hydrogen-bond acceptors (Lipinski definition) is 2. The van der Waals surface area contributed by atoms with Crippen LogP contribution in [0.2, 0.25) is 0 Å². The lowest BCUT2D eigenvalue weighted by Gasteiger charge is -2.25. The van der Waals surface area contributed by atoms with Crippen LogP contribution in [-0.4, -0.2) is 24.5 Å². The second-order valence-corrected chi connectivity index (χ2v) is 5.63. The van der Waals surface area contributed by atoms with Crippen molar-refractivity contribution in [3.8, 4) is 11.1 Å². The molecule has 2 N–H and O–H groups in total. The maximum absolute atomic E-state index is 6.28. The van der Waals surface area contributed by atoms with E-state index in [2.05, 4.69) is 74.3 Å². The molecular formula is C18H24N2. The molecule has 0 spiro atoms. The molecule has 2 rings (SSSR count). The molecule has 0 heterocycles. The average Bonchev–Trinajstić information content (AvgIpc) is 2.48. The topological polar surface area (TPSA) is 29.3 Å². The van der Waals surface area contributed by atoms with E-state index in [9.17, 15) is 0 Å². The summed E-state index contributed by atoms with van der Waals surface area (Å²) in [7, 11) is 2.11. The Morgan fingerprint density at radius 1 is 0.900 bits per heavy atom. The molecule has 0 amide bonds. The first-order valence-corrected chi connectivity index (χ1v) is 7.19. The highest BCUT2D eigenvalue weighted by Gasteiger charge is 2.11. The van der Waals surface area contributed by atoms with Crippen molar-refractivity contribution in [2.45, 2.75) is 25.9 Å². The minimum atomic E-state index is 0.0622. The molecule has 0 aliphatic heterocycles. The van der Waals surface area contributed by atoms with Crippen molar-refractivity contribution in [1.82, 2.24) is 4.90 Å². The fourth-order valence-corrected chi connectivity index (χ4v) is 2.18. The Kier molecular flexibility index (Phi) is 4.94. The van der Waals surface area contributed by atoms with Crippen molar-refractivity contribution in [3.63, 3.8) is 0 Å². The Balaban J connectivity index is 2.08. The van der Waals surface area contributed by atoms with E-state index in [-0.39, 0.29) is 6.04 Å². The summed E-state index contributed by atoms with van der Waals surface area (Å²) in [5.74, 6) is 0. The van der Waals surface area contributed by atoms with Crippen molar-refractivity contribution in [1.29, 1.82) is 0 Å². The zero-order chi connectivity index (χ0) is 14.5. The normalized spacial score (nSPS) is 12.9. The maximum Gasteiger partial charge on any atom is 0.0424 e. The van der Waals surface area contributed by atoms with Gasteiger partial charge in [-0.15, -0.1) is 0 Å². The standard InChI is InChI=1S/C18H24N2/c1-14(2)20(3)13-18(19)17-11-9-16(10-12-17)15-7-5-4-6-8-15/h4-12,14,18H,13,19H2,1-3H3. The maximum atomic E-state index is 6.28. The van der Waals surface area contributed by atoms with Crippen molar-refractivity contribution in [2.24, 2.45) is 5.73 Å². The first-order chi connectivity index (χ1) is 9.58. The Morgan fingerprint density at radius 3 is 2.00 bits per heavy atom. The Bertz CT molecular complexity index is 517. The molecule has 106 valence electrons. The van der Waals surface area contributed by atoms with Crippen LogP contribution >= 0.6 is 0 Å². The molecule has 2 nitrogen and oxygen atoms in total. The van der Waals surface area contributed by atoms with Gasteiger partial charge in [-0.05, 0) is 37.6 Å². The van der Waals surface area contributed by atoms with Crippen LogP contribution < -0.4 is 5.73 Å². The quantitative estimate of drug-likeness (QED) is 0.896. The summed E-state index contributed by atoms with van der Waals surface area (Å²) in [5.41, 5.74) is 9.95. The molecule has 0 saturated carbocycles. The number of nitrogens with zero attached hydrogens (tertiary/aromatic N) is 1. The zero-order valence-electron chi connectivity index (χ0n) is 12.6. The summed E-state index contributed by atoms with van der Waals surface area (Å²) in [6, 6.07) is 19.6. The largest absolute Gasteiger partial charge is 0.323 e. The molecular weight excluding hydrogens is 244 g/mol. The molecule has 2 aromatic carbocycles. The van der Waals surface area contributed by atoms with Crippen LogP contribution in [0, 0.1) is 0 Å². The predicted octanol–water partition coefficient (Wildman–Crippen LogP) is 3.69. The van der Waals surface area contributed by atoms with Crippen molar-refractivity contribution < 1.29 is 0 Å². The molecule has 1 atom stereocenters. The van der Waals surface area contributed by atoms with Crippen LogP contribution in [0.25, 0.3) is 11.1 Å². The van der Waals surface area contributed by atoms with Gasteiger partial charge in [0.1, 0.15) is 0 Å². The Morgan fingerprint density at radius 2 is 1.45 bits per heavy atom.